The Morgan fingerprint density at radius 1 is 0.526 bits per heavy atom. The molecule has 8 atom stereocenters. The number of unbranched alkanes of at least 4 members (excludes halogenated alkanes) is 20. The first-order valence-electron chi connectivity index (χ1n) is 22.1. The Kier molecular flexibility index (Phi) is 31.9. The number of carbonyl (C=O) groups is 2. The first-order valence-corrected chi connectivity index (χ1v) is 23.6. The number of rotatable bonds is 36. The van der Waals surface area contributed by atoms with Gasteiger partial charge >= 0.3 is 19.8 Å². The van der Waals surface area contributed by atoms with Crippen molar-refractivity contribution < 1.29 is 63.1 Å². The van der Waals surface area contributed by atoms with E-state index in [0.29, 0.717) is 12.8 Å². The van der Waals surface area contributed by atoms with Crippen molar-refractivity contribution in [2.24, 2.45) is 0 Å². The van der Waals surface area contributed by atoms with E-state index < -0.39 is 75.7 Å². The SMILES string of the molecule is CCCCCC/C=C\CCCCCCCCCC(=O)OC[C@H](COP(=O)(O)OC1C(O)C(O)C(O)[C@@H](O)C1O)OC(=O)CCCCCCC/C=C\CCCCCC. The summed E-state index contributed by atoms with van der Waals surface area (Å²) < 4.78 is 33.4. The van der Waals surface area contributed by atoms with E-state index in [2.05, 4.69) is 38.2 Å². The maximum absolute atomic E-state index is 12.8. The highest BCUT2D eigenvalue weighted by Crippen LogP contribution is 2.47. The lowest BCUT2D eigenvalue weighted by Crippen LogP contribution is -2.64. The minimum absolute atomic E-state index is 0.0871. The van der Waals surface area contributed by atoms with Gasteiger partial charge in [0.1, 0.15) is 43.2 Å². The van der Waals surface area contributed by atoms with Crippen LogP contribution in [0.1, 0.15) is 181 Å². The Balaban J connectivity index is 2.49. The van der Waals surface area contributed by atoms with Gasteiger partial charge < -0.3 is 39.9 Å². The molecular formula is C43H79O13P. The zero-order valence-corrected chi connectivity index (χ0v) is 36.0. The number of esters is 2. The van der Waals surface area contributed by atoms with E-state index in [9.17, 15) is 44.6 Å². The van der Waals surface area contributed by atoms with Crippen LogP contribution in [0.3, 0.4) is 0 Å². The number of allylic oxidation sites excluding steroid dienone is 4. The summed E-state index contributed by atoms with van der Waals surface area (Å²) in [4.78, 5) is 35.6. The smallest absolute Gasteiger partial charge is 0.462 e. The summed E-state index contributed by atoms with van der Waals surface area (Å²) in [5.74, 6) is -1.11. The molecule has 14 heteroatoms. The number of hydrogen-bond donors (Lipinski definition) is 6. The van der Waals surface area contributed by atoms with E-state index >= 15 is 0 Å². The van der Waals surface area contributed by atoms with E-state index in [1.807, 2.05) is 0 Å². The maximum atomic E-state index is 12.8. The van der Waals surface area contributed by atoms with Gasteiger partial charge in [0.05, 0.1) is 6.61 Å². The number of carbonyl (C=O) groups excluding carboxylic acids is 2. The van der Waals surface area contributed by atoms with Gasteiger partial charge in [-0.2, -0.15) is 0 Å². The Bertz CT molecular complexity index is 1100. The minimum atomic E-state index is -5.11. The topological polar surface area (TPSA) is 210 Å². The molecule has 1 aliphatic carbocycles. The molecule has 6 N–H and O–H groups in total. The summed E-state index contributed by atoms with van der Waals surface area (Å²) in [5, 5.41) is 50.1. The summed E-state index contributed by atoms with van der Waals surface area (Å²) >= 11 is 0. The minimum Gasteiger partial charge on any atom is -0.462 e. The summed E-state index contributed by atoms with van der Waals surface area (Å²) in [6.45, 7) is 3.25. The molecular weight excluding hydrogens is 755 g/mol. The lowest BCUT2D eigenvalue weighted by atomic mass is 9.85. The second-order valence-electron chi connectivity index (χ2n) is 15.5. The highest BCUT2D eigenvalue weighted by atomic mass is 31.2. The fourth-order valence-electron chi connectivity index (χ4n) is 6.63. The predicted octanol–water partition coefficient (Wildman–Crippen LogP) is 8.06. The molecule has 1 rings (SSSR count). The summed E-state index contributed by atoms with van der Waals surface area (Å²) in [5.41, 5.74) is 0. The van der Waals surface area contributed by atoms with Crippen LogP contribution in [0.5, 0.6) is 0 Å². The van der Waals surface area contributed by atoms with Crippen molar-refractivity contribution in [2.75, 3.05) is 13.2 Å². The van der Waals surface area contributed by atoms with Gasteiger partial charge in [-0.3, -0.25) is 18.6 Å². The van der Waals surface area contributed by atoms with E-state index in [4.69, 9.17) is 18.5 Å². The molecule has 13 nitrogen and oxygen atoms in total. The molecule has 0 heterocycles. The number of aliphatic hydroxyl groups excluding tert-OH is 5. The zero-order valence-electron chi connectivity index (χ0n) is 35.1. The second kappa shape index (κ2) is 34.1. The monoisotopic (exact) mass is 835 g/mol. The third-order valence-corrected chi connectivity index (χ3v) is 11.3. The fourth-order valence-corrected chi connectivity index (χ4v) is 7.60. The molecule has 0 saturated heterocycles. The highest BCUT2D eigenvalue weighted by molar-refractivity contribution is 7.47. The van der Waals surface area contributed by atoms with E-state index in [1.165, 1.54) is 70.6 Å². The summed E-state index contributed by atoms with van der Waals surface area (Å²) in [6, 6.07) is 0. The fraction of sp³-hybridized carbons (Fsp3) is 0.860. The van der Waals surface area contributed by atoms with Crippen LogP contribution < -0.4 is 0 Å². The van der Waals surface area contributed by atoms with Gasteiger partial charge in [0.25, 0.3) is 0 Å². The molecule has 0 aromatic heterocycles. The van der Waals surface area contributed by atoms with Gasteiger partial charge in [-0.05, 0) is 64.2 Å². The third-order valence-electron chi connectivity index (χ3n) is 10.3. The van der Waals surface area contributed by atoms with E-state index in [0.717, 1.165) is 70.6 Å². The first-order chi connectivity index (χ1) is 27.4. The highest BCUT2D eigenvalue weighted by Gasteiger charge is 2.51. The number of phosphoric ester groups is 1. The standard InChI is InChI=1S/C43H79O13P/c1-3-5-7-9-11-13-15-17-18-20-21-23-25-27-29-31-36(44)53-33-35(34-54-57(51,52)56-43-41(49)39(47)38(46)40(48)42(43)50)55-37(45)32-30-28-26-24-22-19-16-14-12-10-8-6-4-2/h13-16,35,38-43,46-50H,3-12,17-34H2,1-2H3,(H,51,52)/b15-13-,16-14-/t35-,38?,39-,40?,41?,42?,43?/m1/s1. The first kappa shape index (κ1) is 53.3. The molecule has 0 radical (unpaired) electrons. The Hall–Kier alpha value is -1.67. The second-order valence-corrected chi connectivity index (χ2v) is 16.9. The van der Waals surface area contributed by atoms with Crippen LogP contribution in [-0.2, 0) is 32.7 Å². The predicted molar refractivity (Wildman–Crippen MR) is 221 cm³/mol. The van der Waals surface area contributed by atoms with Gasteiger partial charge in [-0.1, -0.05) is 128 Å². The van der Waals surface area contributed by atoms with Gasteiger partial charge in [0.15, 0.2) is 6.10 Å². The molecule has 0 aromatic carbocycles. The maximum Gasteiger partial charge on any atom is 0.472 e. The normalized spacial score (nSPS) is 22.9. The largest absolute Gasteiger partial charge is 0.472 e. The Morgan fingerprint density at radius 2 is 0.895 bits per heavy atom. The van der Waals surface area contributed by atoms with Gasteiger partial charge in [-0.25, -0.2) is 4.57 Å². The van der Waals surface area contributed by atoms with Crippen LogP contribution in [0.4, 0.5) is 0 Å². The van der Waals surface area contributed by atoms with Crippen LogP contribution in [0, 0.1) is 0 Å². The number of hydrogen-bond acceptors (Lipinski definition) is 12. The van der Waals surface area contributed by atoms with Crippen LogP contribution >= 0.6 is 7.82 Å². The van der Waals surface area contributed by atoms with Crippen molar-refractivity contribution >= 4 is 19.8 Å². The number of phosphoric acid groups is 1. The van der Waals surface area contributed by atoms with Crippen LogP contribution in [0.15, 0.2) is 24.3 Å². The van der Waals surface area contributed by atoms with Crippen molar-refractivity contribution in [2.45, 2.75) is 224 Å². The van der Waals surface area contributed by atoms with Gasteiger partial charge in [0.2, 0.25) is 0 Å². The molecule has 1 aliphatic rings. The van der Waals surface area contributed by atoms with Crippen molar-refractivity contribution in [3.63, 3.8) is 0 Å². The van der Waals surface area contributed by atoms with Crippen LogP contribution in [0.2, 0.25) is 0 Å². The molecule has 0 bridgehead atoms. The van der Waals surface area contributed by atoms with Crippen LogP contribution in [0.25, 0.3) is 0 Å². The molecule has 6 unspecified atom stereocenters. The summed E-state index contributed by atoms with van der Waals surface area (Å²) in [6.07, 6.45) is 22.4. The molecule has 0 amide bonds. The van der Waals surface area contributed by atoms with Crippen molar-refractivity contribution in [1.82, 2.24) is 0 Å². The quantitative estimate of drug-likeness (QED) is 0.0153. The lowest BCUT2D eigenvalue weighted by Gasteiger charge is -2.41. The average Bonchev–Trinajstić information content (AvgIpc) is 3.19. The lowest BCUT2D eigenvalue weighted by molar-refractivity contribution is -0.220. The number of aliphatic hydroxyl groups is 5. The molecule has 334 valence electrons. The van der Waals surface area contributed by atoms with Crippen LogP contribution in [-0.4, -0.2) is 98.3 Å². The third kappa shape index (κ3) is 26.9. The molecule has 57 heavy (non-hydrogen) atoms. The molecule has 1 saturated carbocycles. The van der Waals surface area contributed by atoms with Crippen molar-refractivity contribution in [1.29, 1.82) is 0 Å². The van der Waals surface area contributed by atoms with Gasteiger partial charge in [-0.15, -0.1) is 0 Å². The average molecular weight is 835 g/mol. The Morgan fingerprint density at radius 3 is 1.33 bits per heavy atom. The number of ether oxygens (including phenoxy) is 2. The van der Waals surface area contributed by atoms with E-state index in [1.54, 1.807) is 0 Å². The molecule has 1 fully saturated rings. The Labute approximate surface area is 343 Å². The summed E-state index contributed by atoms with van der Waals surface area (Å²) in [7, 11) is -5.11. The van der Waals surface area contributed by atoms with Gasteiger partial charge in [0, 0.05) is 12.8 Å². The molecule has 0 aliphatic heterocycles. The van der Waals surface area contributed by atoms with E-state index in [-0.39, 0.29) is 12.8 Å². The molecule has 0 spiro atoms. The molecule has 0 aromatic rings. The zero-order chi connectivity index (χ0) is 42.2. The van der Waals surface area contributed by atoms with Crippen molar-refractivity contribution in [3.8, 4) is 0 Å². The van der Waals surface area contributed by atoms with Crippen molar-refractivity contribution in [3.05, 3.63) is 24.3 Å².